The molecule has 92 valence electrons. The summed E-state index contributed by atoms with van der Waals surface area (Å²) in [4.78, 5) is 12.1. The number of hydrogen-bond acceptors (Lipinski definition) is 1. The molecular weight excluding hydrogens is 198 g/mol. The zero-order valence-corrected chi connectivity index (χ0v) is 11.1. The smallest absolute Gasteiger partial charge is 0.226 e. The third-order valence-electron chi connectivity index (χ3n) is 4.16. The van der Waals surface area contributed by atoms with Gasteiger partial charge in [-0.25, -0.2) is 0 Å². The van der Waals surface area contributed by atoms with Crippen LogP contribution in [0, 0.1) is 16.7 Å². The first-order valence-electron chi connectivity index (χ1n) is 6.62. The molecule has 0 aliphatic heterocycles. The topological polar surface area (TPSA) is 29.1 Å². The van der Waals surface area contributed by atoms with Crippen LogP contribution < -0.4 is 5.32 Å². The molecule has 0 spiro atoms. The predicted molar refractivity (Wildman–Crippen MR) is 66.1 cm³/mol. The molecule has 2 rings (SSSR count). The lowest BCUT2D eigenvalue weighted by Gasteiger charge is -2.32. The molecule has 2 fully saturated rings. The van der Waals surface area contributed by atoms with Gasteiger partial charge in [0.25, 0.3) is 0 Å². The van der Waals surface area contributed by atoms with Crippen molar-refractivity contribution in [3.63, 3.8) is 0 Å². The van der Waals surface area contributed by atoms with E-state index >= 15 is 0 Å². The second-order valence-electron chi connectivity index (χ2n) is 7.13. The number of rotatable bonds is 4. The Bertz CT molecular complexity index is 282. The van der Waals surface area contributed by atoms with Crippen molar-refractivity contribution in [1.82, 2.24) is 5.32 Å². The molecule has 2 aliphatic carbocycles. The molecule has 1 N–H and O–H groups in total. The van der Waals surface area contributed by atoms with Gasteiger partial charge in [-0.3, -0.25) is 4.79 Å². The average Bonchev–Trinajstić information content (AvgIpc) is 3.00. The van der Waals surface area contributed by atoms with E-state index < -0.39 is 0 Å². The van der Waals surface area contributed by atoms with Crippen LogP contribution in [0.1, 0.15) is 59.8 Å². The van der Waals surface area contributed by atoms with Crippen molar-refractivity contribution in [3.8, 4) is 0 Å². The minimum atomic E-state index is -0.0347. The summed E-state index contributed by atoms with van der Waals surface area (Å²) in [5.41, 5.74) is 0.149. The number of carbonyl (C=O) groups excluding carboxylic acids is 1. The number of nitrogens with one attached hydrogen (secondary N) is 1. The molecule has 0 aromatic carbocycles. The fourth-order valence-corrected chi connectivity index (χ4v) is 2.06. The molecule has 1 unspecified atom stereocenters. The summed E-state index contributed by atoms with van der Waals surface area (Å²) in [7, 11) is 0. The average molecular weight is 223 g/mol. The normalized spacial score (nSPS) is 25.0. The molecule has 2 nitrogen and oxygen atoms in total. The van der Waals surface area contributed by atoms with Gasteiger partial charge < -0.3 is 5.32 Å². The van der Waals surface area contributed by atoms with Crippen LogP contribution in [0.3, 0.4) is 0 Å². The third-order valence-corrected chi connectivity index (χ3v) is 4.16. The molecule has 2 aliphatic rings. The van der Waals surface area contributed by atoms with Crippen molar-refractivity contribution in [2.45, 2.75) is 65.8 Å². The van der Waals surface area contributed by atoms with Crippen LogP contribution in [0.5, 0.6) is 0 Å². The first-order chi connectivity index (χ1) is 7.31. The van der Waals surface area contributed by atoms with Gasteiger partial charge in [-0.05, 0) is 30.6 Å². The van der Waals surface area contributed by atoms with Crippen molar-refractivity contribution in [2.75, 3.05) is 0 Å². The first-order valence-corrected chi connectivity index (χ1v) is 6.62. The molecule has 0 aromatic rings. The van der Waals surface area contributed by atoms with Gasteiger partial charge in [0.05, 0.1) is 0 Å². The van der Waals surface area contributed by atoms with E-state index in [1.54, 1.807) is 0 Å². The second-order valence-corrected chi connectivity index (χ2v) is 7.13. The Morgan fingerprint density at radius 1 is 1.38 bits per heavy atom. The first kappa shape index (κ1) is 11.9. The Hall–Kier alpha value is -0.530. The van der Waals surface area contributed by atoms with Gasteiger partial charge >= 0.3 is 0 Å². The summed E-state index contributed by atoms with van der Waals surface area (Å²) < 4.78 is 0. The number of amides is 1. The Kier molecular flexibility index (Phi) is 2.80. The van der Waals surface area contributed by atoms with Crippen molar-refractivity contribution in [2.24, 2.45) is 16.7 Å². The van der Waals surface area contributed by atoms with Crippen LogP contribution in [-0.2, 0) is 4.79 Å². The zero-order chi connectivity index (χ0) is 12.0. The van der Waals surface area contributed by atoms with Gasteiger partial charge in [-0.2, -0.15) is 0 Å². The molecule has 0 bridgehead atoms. The fraction of sp³-hybridized carbons (Fsp3) is 0.929. The standard InChI is InChI=1S/C14H25NO/c1-13(2,3)11(9-10-5-6-10)15-12(16)14(4)7-8-14/h10-11H,5-9H2,1-4H3,(H,15,16). The van der Waals surface area contributed by atoms with Gasteiger partial charge in [0.15, 0.2) is 0 Å². The van der Waals surface area contributed by atoms with Gasteiger partial charge in [0.1, 0.15) is 0 Å². The van der Waals surface area contributed by atoms with E-state index in [1.165, 1.54) is 19.3 Å². The second kappa shape index (κ2) is 3.75. The highest BCUT2D eigenvalue weighted by Gasteiger charge is 2.46. The van der Waals surface area contributed by atoms with Crippen molar-refractivity contribution >= 4 is 5.91 Å². The van der Waals surface area contributed by atoms with E-state index in [2.05, 4.69) is 33.0 Å². The molecule has 0 aromatic heterocycles. The largest absolute Gasteiger partial charge is 0.352 e. The zero-order valence-electron chi connectivity index (χ0n) is 11.1. The Balaban J connectivity index is 1.93. The van der Waals surface area contributed by atoms with E-state index in [0.717, 1.165) is 18.8 Å². The highest BCUT2D eigenvalue weighted by Crippen LogP contribution is 2.46. The van der Waals surface area contributed by atoms with E-state index in [4.69, 9.17) is 0 Å². The van der Waals surface area contributed by atoms with Crippen LogP contribution in [-0.4, -0.2) is 11.9 Å². The predicted octanol–water partition coefficient (Wildman–Crippen LogP) is 3.12. The maximum absolute atomic E-state index is 12.1. The molecule has 1 atom stereocenters. The highest BCUT2D eigenvalue weighted by molar-refractivity contribution is 5.85. The molecule has 16 heavy (non-hydrogen) atoms. The minimum Gasteiger partial charge on any atom is -0.352 e. The van der Waals surface area contributed by atoms with Gasteiger partial charge in [-0.1, -0.05) is 40.5 Å². The number of carbonyl (C=O) groups is 1. The van der Waals surface area contributed by atoms with E-state index in [9.17, 15) is 4.79 Å². The highest BCUT2D eigenvalue weighted by atomic mass is 16.2. The van der Waals surface area contributed by atoms with Gasteiger partial charge in [0, 0.05) is 11.5 Å². The summed E-state index contributed by atoms with van der Waals surface area (Å²) in [6, 6.07) is 0.352. The molecule has 2 heteroatoms. The maximum Gasteiger partial charge on any atom is 0.226 e. The molecule has 1 amide bonds. The van der Waals surface area contributed by atoms with Crippen LogP contribution in [0.4, 0.5) is 0 Å². The lowest BCUT2D eigenvalue weighted by Crippen LogP contribution is -2.46. The lowest BCUT2D eigenvalue weighted by atomic mass is 9.83. The van der Waals surface area contributed by atoms with E-state index in [-0.39, 0.29) is 16.7 Å². The molecular formula is C14H25NO. The fourth-order valence-electron chi connectivity index (χ4n) is 2.06. The van der Waals surface area contributed by atoms with Crippen LogP contribution in [0.25, 0.3) is 0 Å². The quantitative estimate of drug-likeness (QED) is 0.779. The lowest BCUT2D eigenvalue weighted by molar-refractivity contribution is -0.127. The van der Waals surface area contributed by atoms with Gasteiger partial charge in [-0.15, -0.1) is 0 Å². The maximum atomic E-state index is 12.1. The van der Waals surface area contributed by atoms with Crippen molar-refractivity contribution < 1.29 is 4.79 Å². The summed E-state index contributed by atoms with van der Waals surface area (Å²) in [5, 5.41) is 3.29. The molecule has 0 heterocycles. The third kappa shape index (κ3) is 2.78. The molecule has 0 radical (unpaired) electrons. The van der Waals surface area contributed by atoms with E-state index in [1.807, 2.05) is 0 Å². The van der Waals surface area contributed by atoms with Crippen LogP contribution in [0.15, 0.2) is 0 Å². The summed E-state index contributed by atoms with van der Waals surface area (Å²) in [6.07, 6.45) is 6.03. The summed E-state index contributed by atoms with van der Waals surface area (Å²) in [6.45, 7) is 8.78. The van der Waals surface area contributed by atoms with Crippen LogP contribution >= 0.6 is 0 Å². The van der Waals surface area contributed by atoms with Gasteiger partial charge in [0.2, 0.25) is 5.91 Å². The van der Waals surface area contributed by atoms with E-state index in [0.29, 0.717) is 6.04 Å². The summed E-state index contributed by atoms with van der Waals surface area (Å²) >= 11 is 0. The molecule has 0 saturated heterocycles. The number of hydrogen-bond donors (Lipinski definition) is 1. The van der Waals surface area contributed by atoms with Crippen molar-refractivity contribution in [1.29, 1.82) is 0 Å². The summed E-state index contributed by atoms with van der Waals surface area (Å²) in [5.74, 6) is 1.16. The Labute approximate surface area is 99.2 Å². The Morgan fingerprint density at radius 2 is 1.94 bits per heavy atom. The van der Waals surface area contributed by atoms with Crippen molar-refractivity contribution in [3.05, 3.63) is 0 Å². The minimum absolute atomic E-state index is 0.0347. The van der Waals surface area contributed by atoms with Crippen LogP contribution in [0.2, 0.25) is 0 Å². The monoisotopic (exact) mass is 223 g/mol. The Morgan fingerprint density at radius 3 is 2.31 bits per heavy atom. The molecule has 2 saturated carbocycles. The SMILES string of the molecule is CC1(C(=O)NC(CC2CC2)C(C)(C)C)CC1.